The van der Waals surface area contributed by atoms with E-state index in [-0.39, 0.29) is 11.9 Å². The van der Waals surface area contributed by atoms with Gasteiger partial charge in [-0.2, -0.15) is 0 Å². The van der Waals surface area contributed by atoms with E-state index < -0.39 is 41.4 Å². The molecule has 2 rings (SSSR count). The second kappa shape index (κ2) is 16.4. The summed E-state index contributed by atoms with van der Waals surface area (Å²) < 4.78 is 25.0. The molecule has 6 nitrogen and oxygen atoms in total. The minimum atomic E-state index is -2.65. The average molecular weight is 686 g/mol. The van der Waals surface area contributed by atoms with Gasteiger partial charge in [-0.3, -0.25) is 4.79 Å². The number of aryl methyl sites for hydroxylation is 1. The molecule has 0 heterocycles. The lowest BCUT2D eigenvalue weighted by molar-refractivity contribution is -0.152. The first kappa shape index (κ1) is 36.5. The van der Waals surface area contributed by atoms with Gasteiger partial charge in [0.25, 0.3) is 0 Å². The zero-order valence-electron chi connectivity index (χ0n) is 25.9. The zero-order chi connectivity index (χ0) is 30.8. The number of hydrogen-bond donors (Lipinski definition) is 0. The second-order valence-electron chi connectivity index (χ2n) is 12.5. The van der Waals surface area contributed by atoms with Crippen LogP contribution >= 0.6 is 6.92 Å². The fourth-order valence-electron chi connectivity index (χ4n) is 4.54. The summed E-state index contributed by atoms with van der Waals surface area (Å²) in [6, 6.07) is 17.2. The third-order valence-corrected chi connectivity index (χ3v) is 21.3. The first-order valence-electron chi connectivity index (χ1n) is 14.0. The molecule has 0 amide bonds. The Bertz CT molecular complexity index is 1180. The van der Waals surface area contributed by atoms with Crippen LogP contribution in [0.3, 0.4) is 0 Å². The lowest BCUT2D eigenvalue weighted by Gasteiger charge is -2.37. The van der Waals surface area contributed by atoms with Crippen molar-refractivity contribution in [2.45, 2.75) is 78.2 Å². The Hall–Kier alpha value is -0.642. The Morgan fingerprint density at radius 1 is 0.902 bits per heavy atom. The molecule has 0 spiro atoms. The van der Waals surface area contributed by atoms with Crippen molar-refractivity contribution in [2.75, 3.05) is 12.8 Å². The standard InChI is InChI=1S/C28H46O6PS2Si4/c1-23(22-41(9,34-40(6,7)8)33-38(2)32-39(3,4)5)28(29)31-20-18-24-10-14-26(15-11-24)27-16-12-25(13-17-27)19-21-35(30)37-36/h10-17,23H,18-22H2,1-9H3. The monoisotopic (exact) mass is 685 g/mol. The van der Waals surface area contributed by atoms with Gasteiger partial charge in [-0.15, -0.1) is 0 Å². The van der Waals surface area contributed by atoms with Gasteiger partial charge >= 0.3 is 23.8 Å². The largest absolute Gasteiger partial charge is 0.620 e. The summed E-state index contributed by atoms with van der Waals surface area (Å²) in [5, 5.41) is 0. The quantitative estimate of drug-likeness (QED) is 0.110. The minimum Gasteiger partial charge on any atom is -0.620 e. The maximum absolute atomic E-state index is 12.9. The molecule has 13 heteroatoms. The summed E-state index contributed by atoms with van der Waals surface area (Å²) in [7, 11) is -6.73. The Labute approximate surface area is 261 Å². The average Bonchev–Trinajstić information content (AvgIpc) is 2.85. The molecular formula is C28H46O6PS2Si4. The Kier molecular flexibility index (Phi) is 14.7. The van der Waals surface area contributed by atoms with Crippen LogP contribution < -0.4 is 4.89 Å². The van der Waals surface area contributed by atoms with Crippen molar-refractivity contribution < 1.29 is 26.8 Å². The summed E-state index contributed by atoms with van der Waals surface area (Å²) in [6.07, 6.45) is 2.03. The number of hydrogen-bond acceptors (Lipinski definition) is 7. The minimum absolute atomic E-state index is 0.213. The third kappa shape index (κ3) is 14.6. The van der Waals surface area contributed by atoms with E-state index in [1.807, 2.05) is 13.5 Å². The van der Waals surface area contributed by atoms with Gasteiger partial charge in [-0.1, -0.05) is 55.5 Å². The SMILES string of the molecule is CC(C[Si](C)(O[Si](C)O[Si](C)(C)C)O[Si](C)(C)C)C(=O)OCCc1ccc(-c2ccc(CC[P+]([O-])=S=S)cc2)cc1. The number of carbonyl (C=O) groups is 1. The van der Waals surface area contributed by atoms with Crippen LogP contribution in [0.5, 0.6) is 0 Å². The van der Waals surface area contributed by atoms with Crippen LogP contribution in [0, 0.1) is 5.92 Å². The number of carbonyl (C=O) groups excluding carboxylic acids is 1. The predicted molar refractivity (Wildman–Crippen MR) is 184 cm³/mol. The van der Waals surface area contributed by atoms with Crippen molar-refractivity contribution in [3.63, 3.8) is 0 Å². The number of ether oxygens (including phenoxy) is 1. The fourth-order valence-corrected chi connectivity index (χ4v) is 20.3. The summed E-state index contributed by atoms with van der Waals surface area (Å²) in [5.74, 6) is -0.527. The molecule has 0 aromatic heterocycles. The molecule has 3 atom stereocenters. The summed E-state index contributed by atoms with van der Waals surface area (Å²) in [4.78, 5) is 24.5. The lowest BCUT2D eigenvalue weighted by atomic mass is 10.0. The van der Waals surface area contributed by atoms with Crippen LogP contribution in [0.1, 0.15) is 18.1 Å². The second-order valence-corrected chi connectivity index (χ2v) is 31.3. The van der Waals surface area contributed by atoms with Crippen molar-refractivity contribution in [3.05, 3.63) is 59.7 Å². The van der Waals surface area contributed by atoms with Crippen LogP contribution in [0.4, 0.5) is 0 Å². The van der Waals surface area contributed by atoms with E-state index >= 15 is 0 Å². The van der Waals surface area contributed by atoms with Crippen LogP contribution in [0.25, 0.3) is 11.1 Å². The van der Waals surface area contributed by atoms with Gasteiger partial charge in [-0.05, 0) is 74.6 Å². The molecule has 0 aliphatic carbocycles. The molecule has 3 unspecified atom stereocenters. The van der Waals surface area contributed by atoms with Crippen molar-refractivity contribution >= 4 is 68.1 Å². The van der Waals surface area contributed by atoms with Crippen molar-refractivity contribution in [1.29, 1.82) is 0 Å². The summed E-state index contributed by atoms with van der Waals surface area (Å²) in [6.45, 7) is 17.9. The Morgan fingerprint density at radius 3 is 1.88 bits per heavy atom. The normalized spacial score (nSPS) is 14.9. The fraction of sp³-hybridized carbons (Fsp3) is 0.536. The van der Waals surface area contributed by atoms with Gasteiger partial charge in [-0.25, -0.2) is 0 Å². The molecule has 2 aromatic rings. The lowest BCUT2D eigenvalue weighted by Crippen LogP contribution is -2.53. The highest BCUT2D eigenvalue weighted by atomic mass is 32.9. The topological polar surface area (TPSA) is 77.1 Å². The van der Waals surface area contributed by atoms with Crippen molar-refractivity contribution in [2.24, 2.45) is 5.92 Å². The van der Waals surface area contributed by atoms with Gasteiger partial charge in [0, 0.05) is 30.1 Å². The number of esters is 1. The van der Waals surface area contributed by atoms with E-state index in [9.17, 15) is 9.69 Å². The van der Waals surface area contributed by atoms with E-state index in [0.29, 0.717) is 25.2 Å². The van der Waals surface area contributed by atoms with Gasteiger partial charge < -0.3 is 22.0 Å². The number of benzene rings is 2. The van der Waals surface area contributed by atoms with E-state index in [2.05, 4.69) is 94.4 Å². The Morgan fingerprint density at radius 2 is 1.41 bits per heavy atom. The van der Waals surface area contributed by atoms with E-state index in [1.54, 1.807) is 0 Å². The molecule has 227 valence electrons. The maximum atomic E-state index is 12.9. The third-order valence-electron chi connectivity index (χ3n) is 5.95. The smallest absolute Gasteiger partial charge is 0.360 e. The van der Waals surface area contributed by atoms with Gasteiger partial charge in [0.2, 0.25) is 0 Å². The highest BCUT2D eigenvalue weighted by Gasteiger charge is 2.42. The molecule has 2 aromatic carbocycles. The molecule has 1 radical (unpaired) electrons. The zero-order valence-corrected chi connectivity index (χ0v) is 32.5. The molecule has 0 saturated heterocycles. The predicted octanol–water partition coefficient (Wildman–Crippen LogP) is 6.74. The van der Waals surface area contributed by atoms with Crippen LogP contribution in [0.2, 0.25) is 58.4 Å². The molecule has 0 N–H and O–H groups in total. The molecule has 0 aliphatic heterocycles. The van der Waals surface area contributed by atoms with Crippen LogP contribution in [0.15, 0.2) is 48.5 Å². The van der Waals surface area contributed by atoms with Gasteiger partial charge in [0.1, 0.15) is 22.6 Å². The molecule has 0 bridgehead atoms. The first-order valence-corrected chi connectivity index (χ1v) is 28.9. The molecule has 0 fully saturated rings. The molecule has 0 aliphatic rings. The van der Waals surface area contributed by atoms with Crippen LogP contribution in [-0.4, -0.2) is 53.2 Å². The van der Waals surface area contributed by atoms with E-state index in [0.717, 1.165) is 38.2 Å². The van der Waals surface area contributed by atoms with Gasteiger partial charge in [0.05, 0.1) is 12.5 Å². The summed E-state index contributed by atoms with van der Waals surface area (Å²) >= 11 is 4.80. The molecular weight excluding hydrogens is 640 g/mol. The van der Waals surface area contributed by atoms with Crippen molar-refractivity contribution in [1.82, 2.24) is 0 Å². The molecule has 0 saturated carbocycles. The highest BCUT2D eigenvalue weighted by Crippen LogP contribution is 2.27. The molecule has 41 heavy (non-hydrogen) atoms. The first-order chi connectivity index (χ1) is 19.0. The number of rotatable bonds is 16. The highest BCUT2D eigenvalue weighted by molar-refractivity contribution is 8.33. The van der Waals surface area contributed by atoms with Crippen LogP contribution in [-0.2, 0) is 55.4 Å². The summed E-state index contributed by atoms with van der Waals surface area (Å²) in [5.41, 5.74) is 4.53. The van der Waals surface area contributed by atoms with E-state index in [1.165, 1.54) is 0 Å². The maximum Gasteiger partial charge on any atom is 0.360 e. The Balaban J connectivity index is 1.90. The van der Waals surface area contributed by atoms with Crippen molar-refractivity contribution in [3.8, 4) is 11.1 Å². The van der Waals surface area contributed by atoms with Gasteiger partial charge in [0.15, 0.2) is 16.6 Å². The van der Waals surface area contributed by atoms with E-state index in [4.69, 9.17) is 28.3 Å².